The quantitative estimate of drug-likeness (QED) is 0.287. The highest BCUT2D eigenvalue weighted by Gasteiger charge is 2.26. The van der Waals surface area contributed by atoms with Gasteiger partial charge < -0.3 is 14.9 Å². The Kier molecular flexibility index (Phi) is 9.41. The molecule has 3 aromatic heterocycles. The number of thiazole rings is 1. The molecule has 0 radical (unpaired) electrons. The molecule has 4 rings (SSSR count). The summed E-state index contributed by atoms with van der Waals surface area (Å²) in [6.45, 7) is 4.98. The monoisotopic (exact) mass is 581 g/mol. The van der Waals surface area contributed by atoms with Crippen LogP contribution < -0.4 is 10.2 Å². The second-order valence-electron chi connectivity index (χ2n) is 9.09. The topological polar surface area (TPSA) is 98.7 Å². The maximum atomic E-state index is 13.0. The molecule has 198 valence electrons. The van der Waals surface area contributed by atoms with Crippen LogP contribution in [0.3, 0.4) is 0 Å². The zero-order valence-corrected chi connectivity index (χ0v) is 23.8. The van der Waals surface area contributed by atoms with Gasteiger partial charge in [-0.05, 0) is 45.0 Å². The number of hydrogen-bond donors (Lipinski definition) is 2. The van der Waals surface area contributed by atoms with E-state index in [1.807, 2.05) is 16.3 Å². The molecule has 1 aliphatic rings. The largest absolute Gasteiger partial charge is 0.481 e. The number of aromatic nitrogens is 2. The molecule has 0 spiro atoms. The average Bonchev–Trinajstić information content (AvgIpc) is 3.48. The molecule has 8 nitrogen and oxygen atoms in total. The Bertz CT molecular complexity index is 1260. The first kappa shape index (κ1) is 27.8. The normalized spacial score (nSPS) is 14.4. The van der Waals surface area contributed by atoms with E-state index < -0.39 is 5.97 Å². The third kappa shape index (κ3) is 7.00. The predicted molar refractivity (Wildman–Crippen MR) is 151 cm³/mol. The standard InChI is InChI=1S/C25H29Cl2N5O3S2/c1-3-4-7-31(2)13-20-21(19-11-17(26)14-36-19)29-25(37-20)30-23(33)16-10-18(27)22(28-12-16)32-8-5-15(6-9-32)24(34)35/h10-12,14-15H,3-9,13H2,1-2H3,(H,34,35)(H,29,30,33). The number of anilines is 2. The molecule has 1 amide bonds. The number of carboxylic acids is 1. The van der Waals surface area contributed by atoms with Gasteiger partial charge in [-0.3, -0.25) is 14.9 Å². The maximum Gasteiger partial charge on any atom is 0.306 e. The highest BCUT2D eigenvalue weighted by Crippen LogP contribution is 2.37. The lowest BCUT2D eigenvalue weighted by Gasteiger charge is -2.31. The summed E-state index contributed by atoms with van der Waals surface area (Å²) in [5.74, 6) is -0.898. The number of halogens is 2. The molecule has 0 bridgehead atoms. The lowest BCUT2D eigenvalue weighted by molar-refractivity contribution is -0.142. The van der Waals surface area contributed by atoms with Gasteiger partial charge in [0.2, 0.25) is 0 Å². The summed E-state index contributed by atoms with van der Waals surface area (Å²) in [7, 11) is 2.08. The van der Waals surface area contributed by atoms with Gasteiger partial charge in [-0.1, -0.05) is 47.9 Å². The zero-order chi connectivity index (χ0) is 26.5. The molecule has 0 saturated carbocycles. The van der Waals surface area contributed by atoms with E-state index in [1.165, 1.54) is 28.9 Å². The number of unbranched alkanes of at least 4 members (excludes halogenated alkanes) is 1. The molecule has 0 atom stereocenters. The van der Waals surface area contributed by atoms with E-state index in [9.17, 15) is 14.7 Å². The molecule has 3 aromatic rings. The van der Waals surface area contributed by atoms with Gasteiger partial charge in [-0.15, -0.1) is 11.3 Å². The summed E-state index contributed by atoms with van der Waals surface area (Å²) in [4.78, 5) is 39.6. The molecule has 0 unspecified atom stereocenters. The first-order valence-corrected chi connectivity index (χ1v) is 14.6. The van der Waals surface area contributed by atoms with Crippen molar-refractivity contribution in [3.63, 3.8) is 0 Å². The van der Waals surface area contributed by atoms with Crippen LogP contribution in [0.15, 0.2) is 23.7 Å². The summed E-state index contributed by atoms with van der Waals surface area (Å²) in [5, 5.41) is 15.5. The fourth-order valence-electron chi connectivity index (χ4n) is 4.19. The SMILES string of the molecule is CCCCN(C)Cc1sc(NC(=O)c2cnc(N3CCC(C(=O)O)CC3)c(Cl)c2)nc1-c1cc(Cl)cs1. The van der Waals surface area contributed by atoms with Crippen LogP contribution in [-0.4, -0.2) is 58.5 Å². The average molecular weight is 583 g/mol. The number of hydrogen-bond acceptors (Lipinski definition) is 8. The summed E-state index contributed by atoms with van der Waals surface area (Å²) < 4.78 is 0. The maximum absolute atomic E-state index is 13.0. The number of nitrogens with zero attached hydrogens (tertiary/aromatic N) is 4. The second kappa shape index (κ2) is 12.5. The lowest BCUT2D eigenvalue weighted by atomic mass is 9.97. The number of thiophene rings is 1. The van der Waals surface area contributed by atoms with Crippen molar-refractivity contribution in [2.45, 2.75) is 39.2 Å². The first-order chi connectivity index (χ1) is 17.7. The van der Waals surface area contributed by atoms with Gasteiger partial charge in [0.25, 0.3) is 5.91 Å². The third-order valence-electron chi connectivity index (χ3n) is 6.25. The van der Waals surface area contributed by atoms with Gasteiger partial charge in [0, 0.05) is 36.1 Å². The van der Waals surface area contributed by atoms with Gasteiger partial charge in [0.1, 0.15) is 5.82 Å². The van der Waals surface area contributed by atoms with Gasteiger partial charge >= 0.3 is 5.97 Å². The van der Waals surface area contributed by atoms with Crippen molar-refractivity contribution in [1.29, 1.82) is 0 Å². The van der Waals surface area contributed by atoms with Crippen LogP contribution in [0, 0.1) is 5.92 Å². The van der Waals surface area contributed by atoms with Crippen LogP contribution in [0.5, 0.6) is 0 Å². The number of rotatable bonds is 10. The minimum atomic E-state index is -0.769. The van der Waals surface area contributed by atoms with E-state index in [4.69, 9.17) is 28.2 Å². The summed E-state index contributed by atoms with van der Waals surface area (Å²) in [6, 6.07) is 3.49. The second-order valence-corrected chi connectivity index (χ2v) is 11.9. The van der Waals surface area contributed by atoms with E-state index in [2.05, 4.69) is 29.2 Å². The molecule has 1 aliphatic heterocycles. The number of piperidine rings is 1. The van der Waals surface area contributed by atoms with E-state index in [-0.39, 0.29) is 11.8 Å². The Morgan fingerprint density at radius 1 is 1.27 bits per heavy atom. The predicted octanol–water partition coefficient (Wildman–Crippen LogP) is 6.36. The van der Waals surface area contributed by atoms with Crippen LogP contribution >= 0.6 is 45.9 Å². The summed E-state index contributed by atoms with van der Waals surface area (Å²) in [5.41, 5.74) is 1.16. The number of nitrogens with one attached hydrogen (secondary N) is 1. The van der Waals surface area contributed by atoms with E-state index in [0.29, 0.717) is 52.5 Å². The Labute approximate surface area is 234 Å². The molecule has 0 aliphatic carbocycles. The fraction of sp³-hybridized carbons (Fsp3) is 0.440. The smallest absolute Gasteiger partial charge is 0.306 e. The molecular weight excluding hydrogens is 553 g/mol. The third-order valence-corrected chi connectivity index (χ3v) is 8.77. The van der Waals surface area contributed by atoms with Gasteiger partial charge in [0.05, 0.1) is 32.1 Å². The minimum Gasteiger partial charge on any atom is -0.481 e. The number of carboxylic acid groups (broad SMARTS) is 1. The van der Waals surface area contributed by atoms with Crippen molar-refractivity contribution in [3.8, 4) is 10.6 Å². The van der Waals surface area contributed by atoms with E-state index in [1.54, 1.807) is 6.07 Å². The summed E-state index contributed by atoms with van der Waals surface area (Å²) in [6.07, 6.45) is 4.80. The number of amides is 1. The van der Waals surface area contributed by atoms with Gasteiger partial charge in [-0.2, -0.15) is 0 Å². The van der Waals surface area contributed by atoms with Crippen LogP contribution in [0.25, 0.3) is 10.6 Å². The highest BCUT2D eigenvalue weighted by molar-refractivity contribution is 7.17. The van der Waals surface area contributed by atoms with Crippen molar-refractivity contribution in [1.82, 2.24) is 14.9 Å². The first-order valence-electron chi connectivity index (χ1n) is 12.1. The Morgan fingerprint density at radius 2 is 2.03 bits per heavy atom. The number of carbonyl (C=O) groups is 2. The van der Waals surface area contributed by atoms with Crippen LogP contribution in [0.1, 0.15) is 47.8 Å². The molecule has 12 heteroatoms. The van der Waals surface area contributed by atoms with Gasteiger partial charge in [-0.25, -0.2) is 9.97 Å². The molecule has 37 heavy (non-hydrogen) atoms. The molecule has 2 N–H and O–H groups in total. The van der Waals surface area contributed by atoms with Crippen molar-refractivity contribution in [2.24, 2.45) is 5.92 Å². The van der Waals surface area contributed by atoms with Crippen molar-refractivity contribution in [2.75, 3.05) is 36.9 Å². The Balaban J connectivity index is 1.48. The fourth-order valence-corrected chi connectivity index (χ4v) is 6.68. The summed E-state index contributed by atoms with van der Waals surface area (Å²) >= 11 is 15.6. The molecule has 1 saturated heterocycles. The number of aliphatic carboxylic acids is 1. The van der Waals surface area contributed by atoms with Crippen LogP contribution in [0.4, 0.5) is 10.9 Å². The highest BCUT2D eigenvalue weighted by atomic mass is 35.5. The van der Waals surface area contributed by atoms with Crippen molar-refractivity contribution < 1.29 is 14.7 Å². The van der Waals surface area contributed by atoms with E-state index in [0.717, 1.165) is 41.4 Å². The van der Waals surface area contributed by atoms with Crippen LogP contribution in [-0.2, 0) is 11.3 Å². The Hall–Kier alpha value is -2.24. The molecule has 1 fully saturated rings. The van der Waals surface area contributed by atoms with Gasteiger partial charge in [0.15, 0.2) is 5.13 Å². The molecule has 4 heterocycles. The Morgan fingerprint density at radius 3 is 2.65 bits per heavy atom. The molecule has 0 aromatic carbocycles. The van der Waals surface area contributed by atoms with Crippen LogP contribution in [0.2, 0.25) is 10.0 Å². The lowest BCUT2D eigenvalue weighted by Crippen LogP contribution is -2.37. The van der Waals surface area contributed by atoms with Crippen molar-refractivity contribution in [3.05, 3.63) is 44.2 Å². The molecular formula is C25H29Cl2N5O3S2. The minimum absolute atomic E-state index is 0.326. The number of pyridine rings is 1. The van der Waals surface area contributed by atoms with Crippen molar-refractivity contribution >= 4 is 68.7 Å². The van der Waals surface area contributed by atoms with E-state index >= 15 is 0 Å². The number of carbonyl (C=O) groups excluding carboxylic acids is 1. The zero-order valence-electron chi connectivity index (χ0n) is 20.7.